The Morgan fingerprint density at radius 1 is 0.796 bits per heavy atom. The van der Waals surface area contributed by atoms with Gasteiger partial charge in [-0.3, -0.25) is 19.2 Å². The van der Waals surface area contributed by atoms with Crippen LogP contribution in [0.4, 0.5) is 26.3 Å². The van der Waals surface area contributed by atoms with Gasteiger partial charge in [0.05, 0.1) is 22.2 Å². The number of ether oxygens (including phenoxy) is 4. The molecule has 1 aliphatic heterocycles. The van der Waals surface area contributed by atoms with Gasteiger partial charge in [-0.1, -0.05) is 6.92 Å². The summed E-state index contributed by atoms with van der Waals surface area (Å²) >= 11 is 0. The van der Waals surface area contributed by atoms with Crippen LogP contribution in [0, 0.1) is 51.8 Å². The quantitative estimate of drug-likeness (QED) is 0.113. The molecule has 11 atom stereocenters. The molecule has 0 aromatic rings. The Labute approximate surface area is 311 Å². The summed E-state index contributed by atoms with van der Waals surface area (Å²) in [5.74, 6) is -4.58. The van der Waals surface area contributed by atoms with Gasteiger partial charge in [0.2, 0.25) is 0 Å². The van der Waals surface area contributed by atoms with Crippen molar-refractivity contribution in [1.82, 2.24) is 0 Å². The van der Waals surface area contributed by atoms with Crippen LogP contribution in [-0.4, -0.2) is 70.9 Å². The summed E-state index contributed by atoms with van der Waals surface area (Å²) < 4.78 is 105. The van der Waals surface area contributed by atoms with Crippen molar-refractivity contribution in [2.75, 3.05) is 0 Å². The molecule has 54 heavy (non-hydrogen) atoms. The molecule has 0 spiro atoms. The largest absolute Gasteiger partial charge is 0.462 e. The van der Waals surface area contributed by atoms with Crippen molar-refractivity contribution in [3.05, 3.63) is 0 Å². The molecule has 5 saturated carbocycles. The average molecular weight is 781 g/mol. The predicted molar refractivity (Wildman–Crippen MR) is 178 cm³/mol. The summed E-state index contributed by atoms with van der Waals surface area (Å²) in [6.45, 7) is 10.2. The van der Waals surface area contributed by atoms with Crippen LogP contribution in [0.25, 0.3) is 0 Å². The zero-order valence-electron chi connectivity index (χ0n) is 31.9. The van der Waals surface area contributed by atoms with E-state index in [1.807, 2.05) is 6.92 Å². The fourth-order valence-corrected chi connectivity index (χ4v) is 11.2. The van der Waals surface area contributed by atoms with E-state index in [2.05, 4.69) is 0 Å². The fourth-order valence-electron chi connectivity index (χ4n) is 11.2. The number of halogens is 6. The fraction of sp³-hybridized carbons (Fsp3) is 0.897. The summed E-state index contributed by atoms with van der Waals surface area (Å²) in [5.41, 5.74) is -9.52. The van der Waals surface area contributed by atoms with Gasteiger partial charge in [0, 0.05) is 11.8 Å². The highest BCUT2D eigenvalue weighted by molar-refractivity contribution is 5.83. The van der Waals surface area contributed by atoms with E-state index in [4.69, 9.17) is 18.9 Å². The molecule has 9 nitrogen and oxygen atoms in total. The molecule has 0 aromatic heterocycles. The monoisotopic (exact) mass is 780 g/mol. The van der Waals surface area contributed by atoms with Crippen LogP contribution in [-0.2, 0) is 38.1 Å². The molecule has 6 aliphatic rings. The number of alkyl halides is 6. The van der Waals surface area contributed by atoms with Crippen molar-refractivity contribution in [1.29, 1.82) is 0 Å². The summed E-state index contributed by atoms with van der Waals surface area (Å²) in [4.78, 5) is 54.6. The highest BCUT2D eigenvalue weighted by Gasteiger charge is 2.71. The number of hydrogen-bond acceptors (Lipinski definition) is 9. The summed E-state index contributed by atoms with van der Waals surface area (Å²) in [7, 11) is 0. The van der Waals surface area contributed by atoms with Crippen LogP contribution in [0.3, 0.4) is 0 Å². The van der Waals surface area contributed by atoms with Crippen LogP contribution >= 0.6 is 0 Å². The molecular weight excluding hydrogens is 726 g/mol. The SMILES string of the molecule is CCC(C)(CC(C)(CC(C)(C)C(=O)OC1C2CC3C(=O)OC1C3C2)C(=O)OC1CC2CC1CC2CC(O)(C(F)(F)F)C(F)(F)F)C(=O)OC1(C)CCCC1. The first-order chi connectivity index (χ1) is 24.7. The minimum atomic E-state index is -5.92. The smallest absolute Gasteiger partial charge is 0.426 e. The Hall–Kier alpha value is -2.58. The number of carbonyl (C=O) groups excluding carboxylic acids is 4. The highest BCUT2D eigenvalue weighted by atomic mass is 19.4. The Morgan fingerprint density at radius 2 is 1.43 bits per heavy atom. The van der Waals surface area contributed by atoms with Gasteiger partial charge in [-0.2, -0.15) is 26.3 Å². The van der Waals surface area contributed by atoms with Gasteiger partial charge in [0.25, 0.3) is 5.60 Å². The lowest BCUT2D eigenvalue weighted by molar-refractivity contribution is -0.373. The first-order valence-electron chi connectivity index (χ1n) is 19.5. The molecule has 6 rings (SSSR count). The molecule has 306 valence electrons. The van der Waals surface area contributed by atoms with E-state index in [1.165, 1.54) is 0 Å². The van der Waals surface area contributed by atoms with Crippen LogP contribution in [0.15, 0.2) is 0 Å². The molecule has 5 aliphatic carbocycles. The number of esters is 4. The Bertz CT molecular complexity index is 1490. The minimum absolute atomic E-state index is 0.00119. The Balaban J connectivity index is 1.19. The zero-order chi connectivity index (χ0) is 40.0. The van der Waals surface area contributed by atoms with Gasteiger partial charge in [0.15, 0.2) is 0 Å². The first-order valence-corrected chi connectivity index (χ1v) is 19.5. The van der Waals surface area contributed by atoms with Crippen LogP contribution in [0.5, 0.6) is 0 Å². The van der Waals surface area contributed by atoms with Gasteiger partial charge in [-0.05, 0) is 136 Å². The maximum Gasteiger partial charge on any atom is 0.426 e. The average Bonchev–Trinajstić information content (AvgIpc) is 3.89. The van der Waals surface area contributed by atoms with Gasteiger partial charge >= 0.3 is 36.2 Å². The number of rotatable bonds is 13. The van der Waals surface area contributed by atoms with Crippen molar-refractivity contribution in [3.8, 4) is 0 Å². The summed E-state index contributed by atoms with van der Waals surface area (Å²) in [5, 5.41) is 9.86. The molecule has 1 saturated heterocycles. The lowest BCUT2D eigenvalue weighted by atomic mass is 9.65. The van der Waals surface area contributed by atoms with Crippen molar-refractivity contribution >= 4 is 23.9 Å². The second kappa shape index (κ2) is 13.5. The minimum Gasteiger partial charge on any atom is -0.462 e. The molecule has 6 fully saturated rings. The van der Waals surface area contributed by atoms with E-state index >= 15 is 0 Å². The first kappa shape index (κ1) is 41.1. The third-order valence-corrected chi connectivity index (χ3v) is 14.3. The van der Waals surface area contributed by atoms with E-state index in [0.29, 0.717) is 19.3 Å². The Morgan fingerprint density at radius 3 is 1.98 bits per heavy atom. The lowest BCUT2D eigenvalue weighted by Crippen LogP contribution is -2.58. The number of fused-ring (bicyclic) bond motifs is 3. The molecule has 4 bridgehead atoms. The lowest BCUT2D eigenvalue weighted by Gasteiger charge is -2.42. The number of hydrogen-bond donors (Lipinski definition) is 1. The van der Waals surface area contributed by atoms with Gasteiger partial charge in [-0.25, -0.2) is 0 Å². The molecule has 0 aromatic carbocycles. The maximum absolute atomic E-state index is 14.5. The van der Waals surface area contributed by atoms with E-state index in [-0.39, 0.29) is 62.2 Å². The molecule has 11 unspecified atom stereocenters. The van der Waals surface area contributed by atoms with Gasteiger partial charge in [0.1, 0.15) is 23.9 Å². The van der Waals surface area contributed by atoms with Crippen molar-refractivity contribution < 1.29 is 69.6 Å². The summed E-state index contributed by atoms with van der Waals surface area (Å²) in [6, 6.07) is 0. The topological polar surface area (TPSA) is 125 Å². The third kappa shape index (κ3) is 7.14. The van der Waals surface area contributed by atoms with Crippen LogP contribution in [0.2, 0.25) is 0 Å². The number of aliphatic hydroxyl groups is 1. The molecule has 1 heterocycles. The Kier molecular flexibility index (Phi) is 10.3. The highest BCUT2D eigenvalue weighted by Crippen LogP contribution is 2.58. The van der Waals surface area contributed by atoms with Crippen molar-refractivity contribution in [3.63, 3.8) is 0 Å². The predicted octanol–water partition coefficient (Wildman–Crippen LogP) is 7.79. The van der Waals surface area contributed by atoms with Crippen molar-refractivity contribution in [2.45, 2.75) is 167 Å². The molecule has 0 amide bonds. The van der Waals surface area contributed by atoms with E-state index in [1.54, 1.807) is 34.6 Å². The van der Waals surface area contributed by atoms with E-state index in [0.717, 1.165) is 19.3 Å². The molecule has 1 N–H and O–H groups in total. The maximum atomic E-state index is 14.5. The second-order valence-corrected chi connectivity index (χ2v) is 19.0. The van der Waals surface area contributed by atoms with Crippen LogP contribution in [0.1, 0.15) is 125 Å². The van der Waals surface area contributed by atoms with Crippen molar-refractivity contribution in [2.24, 2.45) is 51.8 Å². The second-order valence-electron chi connectivity index (χ2n) is 19.0. The molecule has 15 heteroatoms. The normalized spacial score (nSPS) is 35.1. The van der Waals surface area contributed by atoms with Gasteiger partial charge in [-0.15, -0.1) is 0 Å². The zero-order valence-corrected chi connectivity index (χ0v) is 31.9. The number of carbonyl (C=O) groups is 4. The standard InChI is InChI=1S/C39H54F6O9/c1-7-34(4,32(49)54-36(6)10-8-9-11-36)19-35(5,18-33(2,3)30(47)53-27-22-14-24-25(15-22)29(46)52-28(24)27)31(48)51-26-16-20-12-21(26)13-23(20)17-37(50,38(40,41)42)39(43,44)45/h20-28,50H,7-19H2,1-6H3. The van der Waals surface area contributed by atoms with E-state index < -0.39 is 100 Å². The van der Waals surface area contributed by atoms with Crippen LogP contribution < -0.4 is 0 Å². The molecule has 0 radical (unpaired) electrons. The summed E-state index contributed by atoms with van der Waals surface area (Å²) in [6.07, 6.45) is -10.6. The molecular formula is C39H54F6O9. The van der Waals surface area contributed by atoms with E-state index in [9.17, 15) is 50.6 Å². The third-order valence-electron chi connectivity index (χ3n) is 14.3. The van der Waals surface area contributed by atoms with Gasteiger partial charge < -0.3 is 24.1 Å².